The van der Waals surface area contributed by atoms with Gasteiger partial charge in [0.1, 0.15) is 0 Å². The van der Waals surface area contributed by atoms with Gasteiger partial charge >= 0.3 is 0 Å². The Balaban J connectivity index is 1.83. The highest BCUT2D eigenvalue weighted by Gasteiger charge is 2.14. The quantitative estimate of drug-likeness (QED) is 0.756. The lowest BCUT2D eigenvalue weighted by atomic mass is 10.1. The first-order valence-electron chi connectivity index (χ1n) is 7.35. The van der Waals surface area contributed by atoms with Gasteiger partial charge in [0.2, 0.25) is 5.91 Å². The molecule has 0 aliphatic heterocycles. The Morgan fingerprint density at radius 2 is 1.68 bits per heavy atom. The van der Waals surface area contributed by atoms with Crippen molar-refractivity contribution < 1.29 is 9.59 Å². The SMILES string of the molecule is Cc1ccc(CN(C)C(=O)CCC(=O)c2ccc(C)s2)cc1. The van der Waals surface area contributed by atoms with Crippen LogP contribution in [0.25, 0.3) is 0 Å². The predicted molar refractivity (Wildman–Crippen MR) is 90.3 cm³/mol. The Morgan fingerprint density at radius 1 is 1.00 bits per heavy atom. The van der Waals surface area contributed by atoms with Gasteiger partial charge in [-0.1, -0.05) is 29.8 Å². The van der Waals surface area contributed by atoms with Gasteiger partial charge in [-0.05, 0) is 31.5 Å². The molecule has 0 spiro atoms. The molecule has 0 bridgehead atoms. The minimum atomic E-state index is 0.00204. The van der Waals surface area contributed by atoms with Crippen molar-refractivity contribution in [2.75, 3.05) is 7.05 Å². The number of benzene rings is 1. The van der Waals surface area contributed by atoms with Crippen LogP contribution in [-0.2, 0) is 11.3 Å². The van der Waals surface area contributed by atoms with E-state index in [1.165, 1.54) is 16.9 Å². The van der Waals surface area contributed by atoms with E-state index in [-0.39, 0.29) is 24.5 Å². The summed E-state index contributed by atoms with van der Waals surface area (Å²) < 4.78 is 0. The van der Waals surface area contributed by atoms with Crippen LogP contribution in [0.5, 0.6) is 0 Å². The van der Waals surface area contributed by atoms with Gasteiger partial charge in [-0.15, -0.1) is 11.3 Å². The van der Waals surface area contributed by atoms with Gasteiger partial charge in [0, 0.05) is 31.3 Å². The van der Waals surface area contributed by atoms with E-state index in [0.29, 0.717) is 6.54 Å². The first kappa shape index (κ1) is 16.4. The van der Waals surface area contributed by atoms with Crippen LogP contribution in [0.1, 0.15) is 38.5 Å². The third-order valence-electron chi connectivity index (χ3n) is 3.55. The molecule has 1 aromatic heterocycles. The average molecular weight is 315 g/mol. The molecule has 0 radical (unpaired) electrons. The second-order valence-electron chi connectivity index (χ2n) is 5.57. The molecule has 0 N–H and O–H groups in total. The van der Waals surface area contributed by atoms with E-state index < -0.39 is 0 Å². The standard InChI is InChI=1S/C18H21NO2S/c1-13-4-7-15(8-5-13)12-19(3)18(21)11-9-16(20)17-10-6-14(2)22-17/h4-8,10H,9,11-12H2,1-3H3. The highest BCUT2D eigenvalue weighted by atomic mass is 32.1. The van der Waals surface area contributed by atoms with Gasteiger partial charge in [-0.3, -0.25) is 9.59 Å². The van der Waals surface area contributed by atoms with Gasteiger partial charge in [0.25, 0.3) is 0 Å². The molecule has 0 atom stereocenters. The predicted octanol–water partition coefficient (Wildman–Crippen LogP) is 3.99. The monoisotopic (exact) mass is 315 g/mol. The highest BCUT2D eigenvalue weighted by Crippen LogP contribution is 2.18. The second kappa shape index (κ2) is 7.36. The van der Waals surface area contributed by atoms with Crippen LogP contribution >= 0.6 is 11.3 Å². The van der Waals surface area contributed by atoms with Crippen LogP contribution in [0.2, 0.25) is 0 Å². The first-order chi connectivity index (χ1) is 10.5. The highest BCUT2D eigenvalue weighted by molar-refractivity contribution is 7.14. The largest absolute Gasteiger partial charge is 0.341 e. The Bertz CT molecular complexity index is 658. The number of ketones is 1. The topological polar surface area (TPSA) is 37.4 Å². The van der Waals surface area contributed by atoms with Gasteiger partial charge < -0.3 is 4.90 Å². The molecule has 2 aromatic rings. The lowest BCUT2D eigenvalue weighted by molar-refractivity contribution is -0.130. The third kappa shape index (κ3) is 4.53. The maximum Gasteiger partial charge on any atom is 0.223 e. The van der Waals surface area contributed by atoms with Crippen LogP contribution < -0.4 is 0 Å². The van der Waals surface area contributed by atoms with E-state index in [4.69, 9.17) is 0 Å². The fraction of sp³-hybridized carbons (Fsp3) is 0.333. The molecule has 2 rings (SSSR count). The molecule has 1 aromatic carbocycles. The minimum Gasteiger partial charge on any atom is -0.341 e. The summed E-state index contributed by atoms with van der Waals surface area (Å²) in [5, 5.41) is 0. The van der Waals surface area contributed by atoms with E-state index in [0.717, 1.165) is 15.3 Å². The number of amides is 1. The molecule has 0 aliphatic rings. The molecule has 0 saturated carbocycles. The number of carbonyl (C=O) groups is 2. The van der Waals surface area contributed by atoms with Crippen molar-refractivity contribution in [2.45, 2.75) is 33.2 Å². The molecule has 1 heterocycles. The Hall–Kier alpha value is -1.94. The van der Waals surface area contributed by atoms with Crippen LogP contribution in [-0.4, -0.2) is 23.6 Å². The van der Waals surface area contributed by atoms with E-state index in [2.05, 4.69) is 0 Å². The molecule has 0 aliphatic carbocycles. The average Bonchev–Trinajstić information content (AvgIpc) is 2.93. The van der Waals surface area contributed by atoms with Crippen molar-refractivity contribution in [1.82, 2.24) is 4.90 Å². The molecular formula is C18H21NO2S. The fourth-order valence-corrected chi connectivity index (χ4v) is 3.01. The molecule has 0 saturated heterocycles. The molecule has 0 fully saturated rings. The molecule has 116 valence electrons. The van der Waals surface area contributed by atoms with Crippen molar-refractivity contribution in [3.05, 3.63) is 57.3 Å². The number of carbonyl (C=O) groups excluding carboxylic acids is 2. The van der Waals surface area contributed by atoms with Crippen molar-refractivity contribution in [1.29, 1.82) is 0 Å². The lowest BCUT2D eigenvalue weighted by Gasteiger charge is -2.17. The zero-order valence-corrected chi connectivity index (χ0v) is 14.1. The van der Waals surface area contributed by atoms with Gasteiger partial charge in [0.15, 0.2) is 5.78 Å². The summed E-state index contributed by atoms with van der Waals surface area (Å²) in [7, 11) is 1.78. The zero-order chi connectivity index (χ0) is 16.1. The van der Waals surface area contributed by atoms with E-state index in [1.54, 1.807) is 11.9 Å². The van der Waals surface area contributed by atoms with Crippen molar-refractivity contribution in [2.24, 2.45) is 0 Å². The van der Waals surface area contributed by atoms with Gasteiger partial charge in [-0.25, -0.2) is 0 Å². The number of thiophene rings is 1. The molecule has 1 amide bonds. The smallest absolute Gasteiger partial charge is 0.223 e. The maximum absolute atomic E-state index is 12.1. The van der Waals surface area contributed by atoms with Gasteiger partial charge in [-0.2, -0.15) is 0 Å². The molecule has 22 heavy (non-hydrogen) atoms. The minimum absolute atomic E-state index is 0.00204. The van der Waals surface area contributed by atoms with E-state index in [1.807, 2.05) is 50.2 Å². The Labute approximate surface area is 135 Å². The van der Waals surface area contributed by atoms with Crippen molar-refractivity contribution in [3.63, 3.8) is 0 Å². The lowest BCUT2D eigenvalue weighted by Crippen LogP contribution is -2.26. The van der Waals surface area contributed by atoms with E-state index >= 15 is 0 Å². The number of rotatable bonds is 6. The number of hydrogen-bond acceptors (Lipinski definition) is 3. The zero-order valence-electron chi connectivity index (χ0n) is 13.3. The summed E-state index contributed by atoms with van der Waals surface area (Å²) in [5.74, 6) is 0.0531. The number of Topliss-reactive ketones (excluding diaryl/α,β-unsaturated/α-hetero) is 1. The molecule has 3 nitrogen and oxygen atoms in total. The van der Waals surface area contributed by atoms with Crippen molar-refractivity contribution >= 4 is 23.0 Å². The summed E-state index contributed by atoms with van der Waals surface area (Å²) in [6, 6.07) is 11.9. The number of aryl methyl sites for hydroxylation is 2. The van der Waals surface area contributed by atoms with Crippen molar-refractivity contribution in [3.8, 4) is 0 Å². The molecule has 0 unspecified atom stereocenters. The molecule has 4 heteroatoms. The van der Waals surface area contributed by atoms with Crippen LogP contribution in [0.3, 0.4) is 0 Å². The summed E-state index contributed by atoms with van der Waals surface area (Å²) in [4.78, 5) is 27.7. The maximum atomic E-state index is 12.1. The normalized spacial score (nSPS) is 10.5. The van der Waals surface area contributed by atoms with Crippen LogP contribution in [0, 0.1) is 13.8 Å². The summed E-state index contributed by atoms with van der Waals surface area (Å²) in [5.41, 5.74) is 2.30. The van der Waals surface area contributed by atoms with Crippen LogP contribution in [0.15, 0.2) is 36.4 Å². The Morgan fingerprint density at radius 3 is 2.27 bits per heavy atom. The second-order valence-corrected chi connectivity index (χ2v) is 6.86. The number of nitrogens with zero attached hydrogens (tertiary/aromatic N) is 1. The third-order valence-corrected chi connectivity index (χ3v) is 4.59. The first-order valence-corrected chi connectivity index (χ1v) is 8.16. The molecular weight excluding hydrogens is 294 g/mol. The number of hydrogen-bond donors (Lipinski definition) is 0. The fourth-order valence-electron chi connectivity index (χ4n) is 2.17. The Kier molecular flexibility index (Phi) is 5.50. The van der Waals surface area contributed by atoms with Crippen LogP contribution in [0.4, 0.5) is 0 Å². The summed E-state index contributed by atoms with van der Waals surface area (Å²) in [6.45, 7) is 4.59. The van der Waals surface area contributed by atoms with E-state index in [9.17, 15) is 9.59 Å². The summed E-state index contributed by atoms with van der Waals surface area (Å²) in [6.07, 6.45) is 0.537. The summed E-state index contributed by atoms with van der Waals surface area (Å²) >= 11 is 1.49. The van der Waals surface area contributed by atoms with Gasteiger partial charge in [0.05, 0.1) is 4.88 Å².